The molecular weight excluding hydrogens is 218 g/mol. The number of nitrogens with zero attached hydrogens (tertiary/aromatic N) is 2. The molecule has 0 spiro atoms. The predicted molar refractivity (Wildman–Crippen MR) is 63.5 cm³/mol. The average molecular weight is 239 g/mol. The molecule has 96 valence electrons. The van der Waals surface area contributed by atoms with Gasteiger partial charge in [-0.05, 0) is 26.2 Å². The van der Waals surface area contributed by atoms with Gasteiger partial charge in [0.1, 0.15) is 6.10 Å². The van der Waals surface area contributed by atoms with E-state index in [1.54, 1.807) is 7.11 Å². The van der Waals surface area contributed by atoms with Crippen LogP contribution in [0.4, 0.5) is 0 Å². The van der Waals surface area contributed by atoms with Crippen molar-refractivity contribution in [2.24, 2.45) is 5.73 Å². The molecule has 5 heteroatoms. The van der Waals surface area contributed by atoms with Gasteiger partial charge in [-0.15, -0.1) is 0 Å². The zero-order chi connectivity index (χ0) is 12.5. The first-order chi connectivity index (χ1) is 8.11. The number of hydrogen-bond donors (Lipinski definition) is 1. The molecule has 0 bridgehead atoms. The van der Waals surface area contributed by atoms with Crippen LogP contribution in [0.25, 0.3) is 0 Å². The Morgan fingerprint density at radius 3 is 2.94 bits per heavy atom. The van der Waals surface area contributed by atoms with E-state index in [9.17, 15) is 0 Å². The highest BCUT2D eigenvalue weighted by Crippen LogP contribution is 2.39. The van der Waals surface area contributed by atoms with Crippen molar-refractivity contribution in [1.82, 2.24) is 10.1 Å². The maximum Gasteiger partial charge on any atom is 0.234 e. The summed E-state index contributed by atoms with van der Waals surface area (Å²) in [4.78, 5) is 4.47. The highest BCUT2D eigenvalue weighted by atomic mass is 16.5. The smallest absolute Gasteiger partial charge is 0.234 e. The molecule has 0 aliphatic heterocycles. The summed E-state index contributed by atoms with van der Waals surface area (Å²) < 4.78 is 10.7. The topological polar surface area (TPSA) is 74.2 Å². The Hall–Kier alpha value is -0.940. The molecule has 0 aromatic carbocycles. The van der Waals surface area contributed by atoms with E-state index in [4.69, 9.17) is 15.0 Å². The van der Waals surface area contributed by atoms with Crippen LogP contribution in [0.1, 0.15) is 57.3 Å². The van der Waals surface area contributed by atoms with Crippen LogP contribution in [0.15, 0.2) is 4.52 Å². The summed E-state index contributed by atoms with van der Waals surface area (Å²) in [6.07, 6.45) is 3.90. The van der Waals surface area contributed by atoms with Crippen molar-refractivity contribution in [2.45, 2.75) is 57.1 Å². The molecule has 2 rings (SSSR count). The summed E-state index contributed by atoms with van der Waals surface area (Å²) in [5.41, 5.74) is 5.97. The summed E-state index contributed by atoms with van der Waals surface area (Å²) >= 11 is 0. The highest BCUT2D eigenvalue weighted by molar-refractivity contribution is 5.12. The van der Waals surface area contributed by atoms with E-state index in [1.165, 1.54) is 0 Å². The van der Waals surface area contributed by atoms with Gasteiger partial charge >= 0.3 is 0 Å². The summed E-state index contributed by atoms with van der Waals surface area (Å²) in [5, 5.41) is 4.02. The lowest BCUT2D eigenvalue weighted by Crippen LogP contribution is -2.38. The van der Waals surface area contributed by atoms with Gasteiger partial charge in [0, 0.05) is 13.2 Å². The molecule has 1 saturated carbocycles. The SMILES string of the molecule is CCC(OC)c1noc(C2(C)CCCC2N)n1. The third kappa shape index (κ3) is 2.09. The summed E-state index contributed by atoms with van der Waals surface area (Å²) in [7, 11) is 1.66. The lowest BCUT2D eigenvalue weighted by Gasteiger charge is -2.23. The minimum atomic E-state index is -0.169. The minimum absolute atomic E-state index is 0.0891. The monoisotopic (exact) mass is 239 g/mol. The standard InChI is InChI=1S/C12H21N3O2/c1-4-8(16-3)10-14-11(17-15-10)12(2)7-5-6-9(12)13/h8-9H,4-7,13H2,1-3H3. The van der Waals surface area contributed by atoms with Crippen LogP contribution in [-0.2, 0) is 10.2 Å². The zero-order valence-electron chi connectivity index (χ0n) is 10.8. The van der Waals surface area contributed by atoms with E-state index < -0.39 is 0 Å². The van der Waals surface area contributed by atoms with E-state index in [0.717, 1.165) is 25.7 Å². The molecule has 2 N–H and O–H groups in total. The number of hydrogen-bond acceptors (Lipinski definition) is 5. The Labute approximate surface area is 102 Å². The highest BCUT2D eigenvalue weighted by Gasteiger charge is 2.43. The fourth-order valence-electron chi connectivity index (χ4n) is 2.51. The molecule has 0 radical (unpaired) electrons. The fraction of sp³-hybridized carbons (Fsp3) is 0.833. The van der Waals surface area contributed by atoms with Gasteiger partial charge in [-0.25, -0.2) is 0 Å². The third-order valence-corrected chi connectivity index (χ3v) is 3.90. The summed E-state index contributed by atoms with van der Waals surface area (Å²) in [5.74, 6) is 1.29. The first-order valence-electron chi connectivity index (χ1n) is 6.24. The van der Waals surface area contributed by atoms with Crippen molar-refractivity contribution in [2.75, 3.05) is 7.11 Å². The Balaban J connectivity index is 2.23. The normalized spacial score (nSPS) is 30.7. The molecule has 0 saturated heterocycles. The molecule has 1 aliphatic carbocycles. The van der Waals surface area contributed by atoms with Gasteiger partial charge in [0.25, 0.3) is 0 Å². The van der Waals surface area contributed by atoms with Crippen LogP contribution >= 0.6 is 0 Å². The molecule has 1 aromatic rings. The largest absolute Gasteiger partial charge is 0.373 e. The quantitative estimate of drug-likeness (QED) is 0.869. The van der Waals surface area contributed by atoms with E-state index in [2.05, 4.69) is 17.1 Å². The van der Waals surface area contributed by atoms with Gasteiger partial charge < -0.3 is 15.0 Å². The lowest BCUT2D eigenvalue weighted by molar-refractivity contribution is 0.0903. The number of rotatable bonds is 4. The van der Waals surface area contributed by atoms with E-state index in [-0.39, 0.29) is 17.6 Å². The van der Waals surface area contributed by atoms with Gasteiger partial charge in [0.15, 0.2) is 0 Å². The Morgan fingerprint density at radius 2 is 2.41 bits per heavy atom. The fourth-order valence-corrected chi connectivity index (χ4v) is 2.51. The van der Waals surface area contributed by atoms with E-state index in [0.29, 0.717) is 11.7 Å². The molecule has 3 atom stereocenters. The van der Waals surface area contributed by atoms with Crippen LogP contribution in [0, 0.1) is 0 Å². The second-order valence-corrected chi connectivity index (χ2v) is 5.01. The van der Waals surface area contributed by atoms with Crippen LogP contribution in [0.3, 0.4) is 0 Å². The lowest BCUT2D eigenvalue weighted by atomic mass is 9.85. The van der Waals surface area contributed by atoms with Gasteiger partial charge in [0.2, 0.25) is 11.7 Å². The van der Waals surface area contributed by atoms with Crippen LogP contribution in [-0.4, -0.2) is 23.3 Å². The molecule has 17 heavy (non-hydrogen) atoms. The van der Waals surface area contributed by atoms with Crippen molar-refractivity contribution in [1.29, 1.82) is 0 Å². The molecule has 3 unspecified atom stereocenters. The second kappa shape index (κ2) is 4.74. The molecule has 1 aliphatic rings. The number of aromatic nitrogens is 2. The van der Waals surface area contributed by atoms with Gasteiger partial charge in [0.05, 0.1) is 5.41 Å². The van der Waals surface area contributed by atoms with E-state index >= 15 is 0 Å². The Bertz CT molecular complexity index is 376. The first kappa shape index (κ1) is 12.5. The average Bonchev–Trinajstić information content (AvgIpc) is 2.91. The third-order valence-electron chi connectivity index (χ3n) is 3.90. The predicted octanol–water partition coefficient (Wildman–Crippen LogP) is 1.94. The summed E-state index contributed by atoms with van der Waals surface area (Å²) in [6.45, 7) is 4.14. The van der Waals surface area contributed by atoms with Crippen molar-refractivity contribution in [3.8, 4) is 0 Å². The molecule has 0 amide bonds. The van der Waals surface area contributed by atoms with Crippen molar-refractivity contribution in [3.05, 3.63) is 11.7 Å². The number of methoxy groups -OCH3 is 1. The Kier molecular flexibility index (Phi) is 3.49. The first-order valence-corrected chi connectivity index (χ1v) is 6.24. The maximum absolute atomic E-state index is 6.14. The molecule has 1 aromatic heterocycles. The van der Waals surface area contributed by atoms with Crippen molar-refractivity contribution >= 4 is 0 Å². The number of nitrogens with two attached hydrogens (primary N) is 1. The second-order valence-electron chi connectivity index (χ2n) is 5.01. The summed E-state index contributed by atoms with van der Waals surface area (Å²) in [6, 6.07) is 0.110. The zero-order valence-corrected chi connectivity index (χ0v) is 10.8. The minimum Gasteiger partial charge on any atom is -0.373 e. The van der Waals surface area contributed by atoms with E-state index in [1.807, 2.05) is 6.92 Å². The molecule has 1 fully saturated rings. The van der Waals surface area contributed by atoms with Gasteiger partial charge in [-0.1, -0.05) is 18.5 Å². The molecule has 1 heterocycles. The van der Waals surface area contributed by atoms with Gasteiger partial charge in [-0.2, -0.15) is 4.98 Å². The van der Waals surface area contributed by atoms with Crippen LogP contribution in [0.5, 0.6) is 0 Å². The maximum atomic E-state index is 6.14. The van der Waals surface area contributed by atoms with Crippen molar-refractivity contribution < 1.29 is 9.26 Å². The Morgan fingerprint density at radius 1 is 1.65 bits per heavy atom. The molecular formula is C12H21N3O2. The number of ether oxygens (including phenoxy) is 1. The molecule has 5 nitrogen and oxygen atoms in total. The van der Waals surface area contributed by atoms with Crippen LogP contribution < -0.4 is 5.73 Å². The van der Waals surface area contributed by atoms with Gasteiger partial charge in [-0.3, -0.25) is 0 Å². The van der Waals surface area contributed by atoms with Crippen LogP contribution in [0.2, 0.25) is 0 Å². The van der Waals surface area contributed by atoms with Crippen molar-refractivity contribution in [3.63, 3.8) is 0 Å².